The van der Waals surface area contributed by atoms with Crippen LogP contribution in [0.25, 0.3) is 0 Å². The zero-order valence-electron chi connectivity index (χ0n) is 10.5. The molecule has 4 nitrogen and oxygen atoms in total. The SMILES string of the molecule is CNCC(=O)Nc1c(OC)cc(C)c(Cl)c1C. The van der Waals surface area contributed by atoms with Gasteiger partial charge in [0.05, 0.1) is 19.3 Å². The number of amides is 1. The summed E-state index contributed by atoms with van der Waals surface area (Å²) in [6.45, 7) is 4.00. The van der Waals surface area contributed by atoms with Crippen molar-refractivity contribution in [2.45, 2.75) is 13.8 Å². The summed E-state index contributed by atoms with van der Waals surface area (Å²) in [4.78, 5) is 11.6. The van der Waals surface area contributed by atoms with Crippen LogP contribution in [0.2, 0.25) is 5.02 Å². The maximum Gasteiger partial charge on any atom is 0.238 e. The number of halogens is 1. The van der Waals surface area contributed by atoms with Crippen LogP contribution in [0.3, 0.4) is 0 Å². The van der Waals surface area contributed by atoms with Gasteiger partial charge in [0, 0.05) is 5.02 Å². The summed E-state index contributed by atoms with van der Waals surface area (Å²) in [5.41, 5.74) is 2.36. The molecule has 17 heavy (non-hydrogen) atoms. The fourth-order valence-electron chi connectivity index (χ4n) is 1.58. The van der Waals surface area contributed by atoms with E-state index in [0.29, 0.717) is 16.5 Å². The van der Waals surface area contributed by atoms with Crippen molar-refractivity contribution >= 4 is 23.2 Å². The fraction of sp³-hybridized carbons (Fsp3) is 0.417. The predicted molar refractivity (Wildman–Crippen MR) is 70.0 cm³/mol. The number of benzene rings is 1. The van der Waals surface area contributed by atoms with Crippen LogP contribution >= 0.6 is 11.6 Å². The molecule has 0 bridgehead atoms. The van der Waals surface area contributed by atoms with Crippen molar-refractivity contribution in [3.8, 4) is 5.75 Å². The average molecular weight is 257 g/mol. The molecule has 0 aliphatic heterocycles. The van der Waals surface area contributed by atoms with Gasteiger partial charge < -0.3 is 15.4 Å². The molecule has 0 aliphatic rings. The van der Waals surface area contributed by atoms with E-state index in [4.69, 9.17) is 16.3 Å². The van der Waals surface area contributed by atoms with Crippen LogP contribution in [0.5, 0.6) is 5.75 Å². The maximum atomic E-state index is 11.6. The number of methoxy groups -OCH3 is 1. The van der Waals surface area contributed by atoms with E-state index in [-0.39, 0.29) is 12.5 Å². The van der Waals surface area contributed by atoms with Crippen molar-refractivity contribution in [3.63, 3.8) is 0 Å². The summed E-state index contributed by atoms with van der Waals surface area (Å²) in [5, 5.41) is 6.22. The topological polar surface area (TPSA) is 50.4 Å². The number of likely N-dealkylation sites (N-methyl/N-ethyl adjacent to an activating group) is 1. The Morgan fingerprint density at radius 3 is 2.65 bits per heavy atom. The molecule has 1 rings (SSSR count). The number of carbonyl (C=O) groups excluding carboxylic acids is 1. The Balaban J connectivity index is 3.13. The third-order valence-electron chi connectivity index (χ3n) is 2.47. The third-order valence-corrected chi connectivity index (χ3v) is 3.05. The van der Waals surface area contributed by atoms with Crippen LogP contribution in [0.4, 0.5) is 5.69 Å². The van der Waals surface area contributed by atoms with Gasteiger partial charge >= 0.3 is 0 Å². The molecular formula is C12H17ClN2O2. The number of hydrogen-bond donors (Lipinski definition) is 2. The van der Waals surface area contributed by atoms with Crippen LogP contribution in [0.1, 0.15) is 11.1 Å². The van der Waals surface area contributed by atoms with E-state index < -0.39 is 0 Å². The minimum absolute atomic E-state index is 0.131. The number of rotatable bonds is 4. The molecule has 0 heterocycles. The van der Waals surface area contributed by atoms with Gasteiger partial charge in [0.15, 0.2) is 0 Å². The standard InChI is InChI=1S/C12H17ClN2O2/c1-7-5-9(17-4)12(8(2)11(7)13)15-10(16)6-14-3/h5,14H,6H2,1-4H3,(H,15,16). The Morgan fingerprint density at radius 1 is 1.47 bits per heavy atom. The number of nitrogens with one attached hydrogen (secondary N) is 2. The van der Waals surface area contributed by atoms with Gasteiger partial charge in [0.25, 0.3) is 0 Å². The van der Waals surface area contributed by atoms with Crippen molar-refractivity contribution in [3.05, 3.63) is 22.2 Å². The number of aryl methyl sites for hydroxylation is 1. The van der Waals surface area contributed by atoms with E-state index in [1.807, 2.05) is 19.9 Å². The van der Waals surface area contributed by atoms with Gasteiger partial charge in [0.1, 0.15) is 5.75 Å². The van der Waals surface area contributed by atoms with E-state index in [1.165, 1.54) is 0 Å². The van der Waals surface area contributed by atoms with Gasteiger partial charge in [0.2, 0.25) is 5.91 Å². The van der Waals surface area contributed by atoms with E-state index in [2.05, 4.69) is 10.6 Å². The highest BCUT2D eigenvalue weighted by molar-refractivity contribution is 6.32. The Hall–Kier alpha value is -1.26. The summed E-state index contributed by atoms with van der Waals surface area (Å²) in [7, 11) is 3.28. The van der Waals surface area contributed by atoms with Gasteiger partial charge in [-0.05, 0) is 38.1 Å². The second-order valence-corrected chi connectivity index (χ2v) is 4.17. The molecule has 0 aromatic heterocycles. The Labute approximate surface area is 106 Å². The molecule has 1 aromatic carbocycles. The van der Waals surface area contributed by atoms with Crippen molar-refractivity contribution in [2.75, 3.05) is 26.0 Å². The van der Waals surface area contributed by atoms with E-state index >= 15 is 0 Å². The molecule has 0 unspecified atom stereocenters. The highest BCUT2D eigenvalue weighted by Gasteiger charge is 2.14. The monoisotopic (exact) mass is 256 g/mol. The third kappa shape index (κ3) is 3.11. The molecule has 0 saturated heterocycles. The van der Waals surface area contributed by atoms with Crippen LogP contribution in [-0.4, -0.2) is 26.6 Å². The van der Waals surface area contributed by atoms with Crippen molar-refractivity contribution in [1.82, 2.24) is 5.32 Å². The summed E-state index contributed by atoms with van der Waals surface area (Å²) >= 11 is 6.15. The van der Waals surface area contributed by atoms with Gasteiger partial charge in [-0.25, -0.2) is 0 Å². The summed E-state index contributed by atoms with van der Waals surface area (Å²) in [5.74, 6) is 0.489. The second kappa shape index (κ2) is 5.89. The quantitative estimate of drug-likeness (QED) is 0.868. The van der Waals surface area contributed by atoms with Gasteiger partial charge in [-0.3, -0.25) is 4.79 Å². The lowest BCUT2D eigenvalue weighted by Crippen LogP contribution is -2.25. The molecule has 94 valence electrons. The van der Waals surface area contributed by atoms with E-state index in [9.17, 15) is 4.79 Å². The second-order valence-electron chi connectivity index (χ2n) is 3.79. The molecule has 0 aliphatic carbocycles. The smallest absolute Gasteiger partial charge is 0.238 e. The number of hydrogen-bond acceptors (Lipinski definition) is 3. The first-order valence-corrected chi connectivity index (χ1v) is 5.67. The Kier molecular flexibility index (Phi) is 4.78. The summed E-state index contributed by atoms with van der Waals surface area (Å²) < 4.78 is 5.25. The van der Waals surface area contributed by atoms with Crippen molar-refractivity contribution in [2.24, 2.45) is 0 Å². The number of carbonyl (C=O) groups is 1. The average Bonchev–Trinajstić information content (AvgIpc) is 2.30. The predicted octanol–water partition coefficient (Wildman–Crippen LogP) is 2.12. The lowest BCUT2D eigenvalue weighted by atomic mass is 10.1. The fourth-order valence-corrected chi connectivity index (χ4v) is 1.73. The minimum Gasteiger partial charge on any atom is -0.495 e. The summed E-state index contributed by atoms with van der Waals surface area (Å²) in [6, 6.07) is 1.81. The van der Waals surface area contributed by atoms with Crippen LogP contribution < -0.4 is 15.4 Å². The van der Waals surface area contributed by atoms with Gasteiger partial charge in [-0.1, -0.05) is 11.6 Å². The molecular weight excluding hydrogens is 240 g/mol. The number of ether oxygens (including phenoxy) is 1. The zero-order valence-corrected chi connectivity index (χ0v) is 11.2. The largest absolute Gasteiger partial charge is 0.495 e. The van der Waals surface area contributed by atoms with Crippen LogP contribution in [0, 0.1) is 13.8 Å². The highest BCUT2D eigenvalue weighted by Crippen LogP contribution is 2.35. The molecule has 1 aromatic rings. The van der Waals surface area contributed by atoms with E-state index in [0.717, 1.165) is 11.1 Å². The van der Waals surface area contributed by atoms with Crippen molar-refractivity contribution in [1.29, 1.82) is 0 Å². The minimum atomic E-state index is -0.131. The molecule has 0 radical (unpaired) electrons. The molecule has 0 atom stereocenters. The lowest BCUT2D eigenvalue weighted by molar-refractivity contribution is -0.115. The van der Waals surface area contributed by atoms with Gasteiger partial charge in [-0.15, -0.1) is 0 Å². The first-order valence-electron chi connectivity index (χ1n) is 5.29. The molecule has 5 heteroatoms. The first-order chi connectivity index (χ1) is 8.01. The van der Waals surface area contributed by atoms with E-state index in [1.54, 1.807) is 14.2 Å². The maximum absolute atomic E-state index is 11.6. The molecule has 2 N–H and O–H groups in total. The van der Waals surface area contributed by atoms with Crippen LogP contribution in [-0.2, 0) is 4.79 Å². The number of anilines is 1. The molecule has 0 saturated carbocycles. The summed E-state index contributed by atoms with van der Waals surface area (Å²) in [6.07, 6.45) is 0. The lowest BCUT2D eigenvalue weighted by Gasteiger charge is -2.15. The highest BCUT2D eigenvalue weighted by atomic mass is 35.5. The van der Waals surface area contributed by atoms with Crippen LogP contribution in [0.15, 0.2) is 6.07 Å². The Morgan fingerprint density at radius 2 is 2.12 bits per heavy atom. The first kappa shape index (κ1) is 13.8. The Bertz CT molecular complexity index is 433. The van der Waals surface area contributed by atoms with Gasteiger partial charge in [-0.2, -0.15) is 0 Å². The molecule has 0 spiro atoms. The zero-order chi connectivity index (χ0) is 13.0. The molecule has 0 fully saturated rings. The molecule has 1 amide bonds. The van der Waals surface area contributed by atoms with Crippen molar-refractivity contribution < 1.29 is 9.53 Å². The normalized spacial score (nSPS) is 10.2.